The number of amides is 3. The summed E-state index contributed by atoms with van der Waals surface area (Å²) in [4.78, 5) is 39.3. The van der Waals surface area contributed by atoms with Crippen LogP contribution in [0.5, 0.6) is 0 Å². The number of urea groups is 1. The van der Waals surface area contributed by atoms with Crippen LogP contribution in [-0.4, -0.2) is 65.5 Å². The summed E-state index contributed by atoms with van der Waals surface area (Å²) in [5, 5.41) is 2.66. The molecular formula is C15H25N3O4. The maximum absolute atomic E-state index is 12.2. The number of esters is 1. The minimum atomic E-state index is -0.848. The van der Waals surface area contributed by atoms with Crippen LogP contribution in [0.1, 0.15) is 40.0 Å². The van der Waals surface area contributed by atoms with Crippen molar-refractivity contribution in [3.05, 3.63) is 0 Å². The van der Waals surface area contributed by atoms with E-state index in [1.807, 2.05) is 4.90 Å². The molecule has 0 aromatic rings. The topological polar surface area (TPSA) is 79.0 Å². The maximum atomic E-state index is 12.2. The standard InChI is InChI=1S/C15H25N3O4/c1-4-22-12(19)11-7-5-6-8-17(11)9-10-18-13(20)15(2,3)16-14(18)21/h11H,4-10H2,1-3H3,(H,16,21)/t11-/m1/s1. The highest BCUT2D eigenvalue weighted by Crippen LogP contribution is 2.20. The third kappa shape index (κ3) is 3.40. The van der Waals surface area contributed by atoms with Crippen LogP contribution in [0.4, 0.5) is 4.79 Å². The summed E-state index contributed by atoms with van der Waals surface area (Å²) in [7, 11) is 0. The first-order valence-electron chi connectivity index (χ1n) is 7.91. The van der Waals surface area contributed by atoms with Crippen molar-refractivity contribution in [2.24, 2.45) is 0 Å². The van der Waals surface area contributed by atoms with Crippen LogP contribution < -0.4 is 5.32 Å². The smallest absolute Gasteiger partial charge is 0.325 e. The van der Waals surface area contributed by atoms with E-state index in [2.05, 4.69) is 5.32 Å². The number of hydrogen-bond donors (Lipinski definition) is 1. The molecule has 0 radical (unpaired) electrons. The molecule has 1 atom stereocenters. The average Bonchev–Trinajstić information content (AvgIpc) is 2.66. The van der Waals surface area contributed by atoms with Crippen LogP contribution in [0.15, 0.2) is 0 Å². The first-order chi connectivity index (χ1) is 10.4. The second kappa shape index (κ2) is 6.64. The number of likely N-dealkylation sites (tertiary alicyclic amines) is 1. The van der Waals surface area contributed by atoms with Gasteiger partial charge in [-0.1, -0.05) is 6.42 Å². The number of ether oxygens (including phenoxy) is 1. The molecule has 22 heavy (non-hydrogen) atoms. The van der Waals surface area contributed by atoms with E-state index < -0.39 is 5.54 Å². The maximum Gasteiger partial charge on any atom is 0.325 e. The summed E-state index contributed by atoms with van der Waals surface area (Å²) in [6.45, 7) is 7.12. The minimum absolute atomic E-state index is 0.209. The Hall–Kier alpha value is -1.63. The van der Waals surface area contributed by atoms with Gasteiger partial charge in [0.15, 0.2) is 0 Å². The van der Waals surface area contributed by atoms with Gasteiger partial charge in [0.2, 0.25) is 0 Å². The van der Waals surface area contributed by atoms with Crippen LogP contribution in [-0.2, 0) is 14.3 Å². The summed E-state index contributed by atoms with van der Waals surface area (Å²) in [5.74, 6) is -0.429. The van der Waals surface area contributed by atoms with Gasteiger partial charge in [0.1, 0.15) is 11.6 Å². The van der Waals surface area contributed by atoms with Crippen molar-refractivity contribution in [3.63, 3.8) is 0 Å². The van der Waals surface area contributed by atoms with Crippen LogP contribution in [0.3, 0.4) is 0 Å². The van der Waals surface area contributed by atoms with Crippen molar-refractivity contribution in [1.82, 2.24) is 15.1 Å². The van der Waals surface area contributed by atoms with Gasteiger partial charge in [-0.15, -0.1) is 0 Å². The van der Waals surface area contributed by atoms with E-state index >= 15 is 0 Å². The summed E-state index contributed by atoms with van der Waals surface area (Å²) < 4.78 is 5.12. The second-order valence-corrected chi connectivity index (χ2v) is 6.31. The van der Waals surface area contributed by atoms with E-state index in [0.717, 1.165) is 25.8 Å². The second-order valence-electron chi connectivity index (χ2n) is 6.31. The van der Waals surface area contributed by atoms with Gasteiger partial charge in [-0.05, 0) is 40.2 Å². The molecule has 7 nitrogen and oxygen atoms in total. The molecule has 0 bridgehead atoms. The quantitative estimate of drug-likeness (QED) is 0.598. The largest absolute Gasteiger partial charge is 0.465 e. The highest BCUT2D eigenvalue weighted by atomic mass is 16.5. The third-order valence-electron chi connectivity index (χ3n) is 4.23. The fraction of sp³-hybridized carbons (Fsp3) is 0.800. The van der Waals surface area contributed by atoms with Gasteiger partial charge >= 0.3 is 12.0 Å². The van der Waals surface area contributed by atoms with Crippen LogP contribution in [0, 0.1) is 0 Å². The van der Waals surface area contributed by atoms with Gasteiger partial charge in [-0.2, -0.15) is 0 Å². The fourth-order valence-corrected chi connectivity index (χ4v) is 3.01. The lowest BCUT2D eigenvalue weighted by Gasteiger charge is -2.34. The lowest BCUT2D eigenvalue weighted by molar-refractivity contribution is -0.150. The third-order valence-corrected chi connectivity index (χ3v) is 4.23. The van der Waals surface area contributed by atoms with Gasteiger partial charge < -0.3 is 10.1 Å². The summed E-state index contributed by atoms with van der Waals surface area (Å²) in [6.07, 6.45) is 2.78. The molecule has 0 spiro atoms. The molecule has 2 saturated heterocycles. The molecule has 0 saturated carbocycles. The fourth-order valence-electron chi connectivity index (χ4n) is 3.01. The Bertz CT molecular complexity index is 464. The molecule has 2 fully saturated rings. The molecule has 0 aromatic heterocycles. The van der Waals surface area contributed by atoms with Gasteiger partial charge in [0, 0.05) is 13.1 Å². The number of imide groups is 1. The number of rotatable bonds is 5. The van der Waals surface area contributed by atoms with E-state index in [-0.39, 0.29) is 23.9 Å². The number of carbonyl (C=O) groups is 3. The Balaban J connectivity index is 1.95. The summed E-state index contributed by atoms with van der Waals surface area (Å²) in [5.41, 5.74) is -0.848. The normalized spacial score (nSPS) is 25.2. The predicted octanol–water partition coefficient (Wildman–Crippen LogP) is 0.734. The number of hydrogen-bond acceptors (Lipinski definition) is 5. The Kier molecular flexibility index (Phi) is 5.05. The number of nitrogens with zero attached hydrogens (tertiary/aromatic N) is 2. The Morgan fingerprint density at radius 3 is 2.64 bits per heavy atom. The lowest BCUT2D eigenvalue weighted by atomic mass is 10.0. The summed E-state index contributed by atoms with van der Waals surface area (Å²) in [6, 6.07) is -0.623. The van der Waals surface area contributed by atoms with Gasteiger partial charge in [-0.3, -0.25) is 19.4 Å². The van der Waals surface area contributed by atoms with E-state index in [0.29, 0.717) is 19.7 Å². The lowest BCUT2D eigenvalue weighted by Crippen LogP contribution is -2.49. The van der Waals surface area contributed by atoms with Gasteiger partial charge in [0.25, 0.3) is 5.91 Å². The highest BCUT2D eigenvalue weighted by molar-refractivity contribution is 6.06. The molecule has 0 aromatic carbocycles. The van der Waals surface area contributed by atoms with E-state index in [4.69, 9.17) is 4.74 Å². The van der Waals surface area contributed by atoms with Gasteiger partial charge in [0.05, 0.1) is 6.61 Å². The van der Waals surface area contributed by atoms with Crippen molar-refractivity contribution >= 4 is 17.9 Å². The first kappa shape index (κ1) is 16.7. The van der Waals surface area contributed by atoms with E-state index in [1.165, 1.54) is 4.90 Å². The molecule has 0 aliphatic carbocycles. The van der Waals surface area contributed by atoms with Crippen LogP contribution in [0.2, 0.25) is 0 Å². The zero-order valence-electron chi connectivity index (χ0n) is 13.6. The van der Waals surface area contributed by atoms with Crippen molar-refractivity contribution in [3.8, 4) is 0 Å². The molecule has 2 heterocycles. The van der Waals surface area contributed by atoms with Crippen molar-refractivity contribution < 1.29 is 19.1 Å². The van der Waals surface area contributed by atoms with Crippen molar-refractivity contribution in [2.45, 2.75) is 51.6 Å². The minimum Gasteiger partial charge on any atom is -0.465 e. The molecule has 124 valence electrons. The Labute approximate surface area is 131 Å². The zero-order valence-corrected chi connectivity index (χ0v) is 13.6. The molecule has 0 unspecified atom stereocenters. The molecule has 7 heteroatoms. The van der Waals surface area contributed by atoms with Crippen molar-refractivity contribution in [1.29, 1.82) is 0 Å². The SMILES string of the molecule is CCOC(=O)[C@H]1CCCCN1CCN1C(=O)NC(C)(C)C1=O. The predicted molar refractivity (Wildman–Crippen MR) is 80.2 cm³/mol. The summed E-state index contributed by atoms with van der Waals surface area (Å²) >= 11 is 0. The van der Waals surface area contributed by atoms with Gasteiger partial charge in [-0.25, -0.2) is 4.79 Å². The molecule has 3 amide bonds. The number of piperidine rings is 1. The van der Waals surface area contributed by atoms with Crippen LogP contribution in [0.25, 0.3) is 0 Å². The average molecular weight is 311 g/mol. The number of nitrogens with one attached hydrogen (secondary N) is 1. The highest BCUT2D eigenvalue weighted by Gasteiger charge is 2.44. The first-order valence-corrected chi connectivity index (χ1v) is 7.91. The Morgan fingerprint density at radius 2 is 2.05 bits per heavy atom. The monoisotopic (exact) mass is 311 g/mol. The molecular weight excluding hydrogens is 286 g/mol. The van der Waals surface area contributed by atoms with Crippen molar-refractivity contribution in [2.75, 3.05) is 26.2 Å². The van der Waals surface area contributed by atoms with E-state index in [1.54, 1.807) is 20.8 Å². The Morgan fingerprint density at radius 1 is 1.32 bits per heavy atom. The molecule has 2 aliphatic rings. The van der Waals surface area contributed by atoms with E-state index in [9.17, 15) is 14.4 Å². The van der Waals surface area contributed by atoms with Crippen LogP contribution >= 0.6 is 0 Å². The molecule has 2 aliphatic heterocycles. The zero-order chi connectivity index (χ0) is 16.3. The molecule has 2 rings (SSSR count). The number of carbonyl (C=O) groups excluding carboxylic acids is 3. The molecule has 1 N–H and O–H groups in total.